The van der Waals surface area contributed by atoms with E-state index in [1.165, 1.54) is 12.1 Å². The van der Waals surface area contributed by atoms with Gasteiger partial charge in [0.1, 0.15) is 5.82 Å². The summed E-state index contributed by atoms with van der Waals surface area (Å²) in [5, 5.41) is 6.18. The fraction of sp³-hybridized carbons (Fsp3) is 0.579. The number of alkyl carbamates (subject to hydrolysis) is 1. The van der Waals surface area contributed by atoms with Crippen molar-refractivity contribution in [3.05, 3.63) is 35.6 Å². The van der Waals surface area contributed by atoms with Crippen LogP contribution in [0.15, 0.2) is 29.3 Å². The molecule has 1 aliphatic rings. The quantitative estimate of drug-likeness (QED) is 0.550. The second-order valence-electron chi connectivity index (χ2n) is 6.49. The highest BCUT2D eigenvalue weighted by atomic mass is 19.1. The molecule has 0 spiro atoms. The predicted octanol–water partition coefficient (Wildman–Crippen LogP) is 2.75. The number of halogens is 1. The van der Waals surface area contributed by atoms with E-state index in [0.717, 1.165) is 30.9 Å². The molecule has 1 aliphatic carbocycles. The summed E-state index contributed by atoms with van der Waals surface area (Å²) in [4.78, 5) is 18.4. The third kappa shape index (κ3) is 6.54. The zero-order valence-corrected chi connectivity index (χ0v) is 15.8. The number of nitrogens with zero attached hydrogens (tertiary/aromatic N) is 2. The molecule has 0 radical (unpaired) electrons. The van der Waals surface area contributed by atoms with Gasteiger partial charge in [0, 0.05) is 20.1 Å². The number of carbonyl (C=O) groups is 1. The van der Waals surface area contributed by atoms with Crippen LogP contribution in [0, 0.1) is 11.7 Å². The summed E-state index contributed by atoms with van der Waals surface area (Å²) in [6.07, 6.45) is 1.83. The first kappa shape index (κ1) is 20.0. The highest BCUT2D eigenvalue weighted by Gasteiger charge is 2.32. The summed E-state index contributed by atoms with van der Waals surface area (Å²) >= 11 is 0. The SMILES string of the molecule is CCNC(=NCC(NC(=O)OCC)C1CC1)N(C)Cc1ccc(F)cc1. The van der Waals surface area contributed by atoms with Gasteiger partial charge >= 0.3 is 6.09 Å². The van der Waals surface area contributed by atoms with Crippen molar-refractivity contribution in [1.29, 1.82) is 0 Å². The molecule has 1 amide bonds. The maximum atomic E-state index is 13.1. The number of ether oxygens (including phenoxy) is 1. The standard InChI is InChI=1S/C19H29FN4O2/c1-4-21-18(24(3)13-14-6-10-16(20)11-7-14)22-12-17(15-8-9-15)23-19(25)26-5-2/h6-7,10-11,15,17H,4-5,8-9,12-13H2,1-3H3,(H,21,22)(H,23,25). The lowest BCUT2D eigenvalue weighted by molar-refractivity contribution is 0.147. The summed E-state index contributed by atoms with van der Waals surface area (Å²) < 4.78 is 18.0. The Morgan fingerprint density at radius 1 is 1.35 bits per heavy atom. The van der Waals surface area contributed by atoms with Gasteiger partial charge in [0.25, 0.3) is 0 Å². The molecule has 144 valence electrons. The number of aliphatic imine (C=N–C) groups is 1. The molecule has 2 N–H and O–H groups in total. The van der Waals surface area contributed by atoms with Crippen molar-refractivity contribution in [1.82, 2.24) is 15.5 Å². The lowest BCUT2D eigenvalue weighted by Gasteiger charge is -2.23. The highest BCUT2D eigenvalue weighted by Crippen LogP contribution is 2.32. The molecule has 0 aromatic heterocycles. The van der Waals surface area contributed by atoms with Crippen molar-refractivity contribution in [2.24, 2.45) is 10.9 Å². The number of nitrogens with one attached hydrogen (secondary N) is 2. The Kier molecular flexibility index (Phi) is 7.69. The van der Waals surface area contributed by atoms with E-state index in [2.05, 4.69) is 15.6 Å². The van der Waals surface area contributed by atoms with Crippen LogP contribution in [0.5, 0.6) is 0 Å². The van der Waals surface area contributed by atoms with Gasteiger partial charge in [0.2, 0.25) is 0 Å². The largest absolute Gasteiger partial charge is 0.450 e. The molecule has 6 nitrogen and oxygen atoms in total. The number of benzene rings is 1. The second kappa shape index (κ2) is 9.99. The predicted molar refractivity (Wildman–Crippen MR) is 101 cm³/mol. The molecule has 0 bridgehead atoms. The molecule has 1 unspecified atom stereocenters. The Balaban J connectivity index is 1.98. The van der Waals surface area contributed by atoms with Crippen LogP contribution in [0.3, 0.4) is 0 Å². The summed E-state index contributed by atoms with van der Waals surface area (Å²) in [5.41, 5.74) is 1.00. The molecular formula is C19H29FN4O2. The van der Waals surface area contributed by atoms with Crippen molar-refractivity contribution in [2.75, 3.05) is 26.7 Å². The van der Waals surface area contributed by atoms with Gasteiger partial charge in [-0.1, -0.05) is 12.1 Å². The minimum absolute atomic E-state index is 0.0121. The van der Waals surface area contributed by atoms with Crippen LogP contribution in [0.25, 0.3) is 0 Å². The van der Waals surface area contributed by atoms with Crippen LogP contribution in [-0.4, -0.2) is 49.7 Å². The molecule has 1 aromatic rings. The van der Waals surface area contributed by atoms with Crippen molar-refractivity contribution >= 4 is 12.1 Å². The molecule has 1 aromatic carbocycles. The van der Waals surface area contributed by atoms with Crippen molar-refractivity contribution in [2.45, 2.75) is 39.3 Å². The van der Waals surface area contributed by atoms with Crippen LogP contribution in [0.4, 0.5) is 9.18 Å². The van der Waals surface area contributed by atoms with Gasteiger partial charge in [-0.15, -0.1) is 0 Å². The van der Waals surface area contributed by atoms with Gasteiger partial charge in [0.05, 0.1) is 19.2 Å². The molecule has 0 heterocycles. The van der Waals surface area contributed by atoms with Gasteiger partial charge in [-0.05, 0) is 50.3 Å². The third-order valence-corrected chi connectivity index (χ3v) is 4.24. The fourth-order valence-corrected chi connectivity index (χ4v) is 2.73. The van der Waals surface area contributed by atoms with Crippen LogP contribution < -0.4 is 10.6 Å². The van der Waals surface area contributed by atoms with E-state index in [4.69, 9.17) is 4.74 Å². The first-order valence-corrected chi connectivity index (χ1v) is 9.20. The van der Waals surface area contributed by atoms with Crippen LogP contribution in [-0.2, 0) is 11.3 Å². The third-order valence-electron chi connectivity index (χ3n) is 4.24. The topological polar surface area (TPSA) is 66.0 Å². The van der Waals surface area contributed by atoms with Gasteiger partial charge in [0.15, 0.2) is 5.96 Å². The second-order valence-corrected chi connectivity index (χ2v) is 6.49. The van der Waals surface area contributed by atoms with E-state index in [0.29, 0.717) is 25.6 Å². The van der Waals surface area contributed by atoms with E-state index in [-0.39, 0.29) is 18.0 Å². The van der Waals surface area contributed by atoms with Crippen molar-refractivity contribution in [3.63, 3.8) is 0 Å². The van der Waals surface area contributed by atoms with Gasteiger partial charge in [-0.3, -0.25) is 4.99 Å². The summed E-state index contributed by atoms with van der Waals surface area (Å²) in [6, 6.07) is 6.44. The molecule has 1 atom stereocenters. The summed E-state index contributed by atoms with van der Waals surface area (Å²) in [5.74, 6) is 0.982. The Morgan fingerprint density at radius 3 is 2.62 bits per heavy atom. The lowest BCUT2D eigenvalue weighted by Crippen LogP contribution is -2.42. The fourth-order valence-electron chi connectivity index (χ4n) is 2.73. The van der Waals surface area contributed by atoms with Crippen molar-refractivity contribution in [3.8, 4) is 0 Å². The lowest BCUT2D eigenvalue weighted by atomic mass is 10.2. The normalized spacial score (nSPS) is 15.3. The number of carbonyl (C=O) groups excluding carboxylic acids is 1. The number of guanidine groups is 1. The van der Waals surface area contributed by atoms with Crippen molar-refractivity contribution < 1.29 is 13.9 Å². The first-order valence-electron chi connectivity index (χ1n) is 9.20. The molecule has 7 heteroatoms. The van der Waals surface area contributed by atoms with E-state index < -0.39 is 0 Å². The van der Waals surface area contributed by atoms with Crippen LogP contribution in [0.2, 0.25) is 0 Å². The maximum Gasteiger partial charge on any atom is 0.407 e. The number of amides is 1. The molecule has 0 aliphatic heterocycles. The van der Waals surface area contributed by atoms with Gasteiger partial charge in [-0.25, -0.2) is 9.18 Å². The monoisotopic (exact) mass is 364 g/mol. The first-order chi connectivity index (χ1) is 12.5. The zero-order chi connectivity index (χ0) is 18.9. The average Bonchev–Trinajstić information content (AvgIpc) is 3.44. The Labute approximate surface area is 154 Å². The van der Waals surface area contributed by atoms with E-state index in [1.807, 2.05) is 18.9 Å². The molecule has 26 heavy (non-hydrogen) atoms. The minimum atomic E-state index is -0.385. The zero-order valence-electron chi connectivity index (χ0n) is 15.8. The van der Waals surface area contributed by atoms with Gasteiger partial charge < -0.3 is 20.3 Å². The summed E-state index contributed by atoms with van der Waals surface area (Å²) in [6.45, 7) is 6.01. The number of hydrogen-bond acceptors (Lipinski definition) is 3. The Hall–Kier alpha value is -2.31. The van der Waals surface area contributed by atoms with E-state index >= 15 is 0 Å². The average molecular weight is 364 g/mol. The highest BCUT2D eigenvalue weighted by molar-refractivity contribution is 5.79. The van der Waals surface area contributed by atoms with E-state index in [9.17, 15) is 9.18 Å². The minimum Gasteiger partial charge on any atom is -0.450 e. The Bertz CT molecular complexity index is 602. The summed E-state index contributed by atoms with van der Waals surface area (Å²) in [7, 11) is 1.94. The van der Waals surface area contributed by atoms with E-state index in [1.54, 1.807) is 19.1 Å². The maximum absolute atomic E-state index is 13.1. The molecule has 2 rings (SSSR count). The molecular weight excluding hydrogens is 335 g/mol. The van der Waals surface area contributed by atoms with Crippen LogP contribution in [0.1, 0.15) is 32.3 Å². The van der Waals surface area contributed by atoms with Gasteiger partial charge in [-0.2, -0.15) is 0 Å². The smallest absolute Gasteiger partial charge is 0.407 e. The number of rotatable bonds is 8. The molecule has 0 saturated heterocycles. The Morgan fingerprint density at radius 2 is 2.04 bits per heavy atom. The number of hydrogen-bond donors (Lipinski definition) is 2. The molecule has 1 saturated carbocycles. The molecule has 1 fully saturated rings. The van der Waals surface area contributed by atoms with Crippen LogP contribution >= 0.6 is 0 Å².